The van der Waals surface area contributed by atoms with Crippen molar-refractivity contribution in [3.05, 3.63) is 64.5 Å². The molecule has 1 saturated heterocycles. The van der Waals surface area contributed by atoms with Gasteiger partial charge >= 0.3 is 0 Å². The smallest absolute Gasteiger partial charge is 0.0844 e. The minimum absolute atomic E-state index is 0.00308. The van der Waals surface area contributed by atoms with Gasteiger partial charge in [-0.1, -0.05) is 107 Å². The van der Waals surface area contributed by atoms with Gasteiger partial charge in [0.25, 0.3) is 0 Å². The summed E-state index contributed by atoms with van der Waals surface area (Å²) in [5, 5.41) is 22.4. The van der Waals surface area contributed by atoms with E-state index in [1.807, 2.05) is 53.7 Å². The number of hydrogen-bond acceptors (Lipinski definition) is 4. The molecule has 1 aromatic rings. The monoisotopic (exact) mass is 543 g/mol. The summed E-state index contributed by atoms with van der Waals surface area (Å²) in [6, 6.07) is 0. The van der Waals surface area contributed by atoms with Crippen molar-refractivity contribution in [1.29, 1.82) is 0 Å². The van der Waals surface area contributed by atoms with E-state index in [9.17, 15) is 10.2 Å². The standard InChI is InChI=1S/C29H43NO3.3C2H6/c1-8-10-21(28(3,4)5)11-9-12-23(31)26-19(2)25-22(17-29(6,7)18-24(25)32)30-27(26)20-13-15-33-16-14-20;3*1-2/h8-11,20,23-24,31-32H,1,12-18H2,2-7H3;3*1-2H3/b11-9-,21-10+;;;. The summed E-state index contributed by atoms with van der Waals surface area (Å²) in [6.45, 7) is 30.3. The van der Waals surface area contributed by atoms with Gasteiger partial charge in [-0.05, 0) is 61.0 Å². The van der Waals surface area contributed by atoms with Crippen molar-refractivity contribution in [2.45, 2.75) is 133 Å². The Morgan fingerprint density at radius 1 is 1.10 bits per heavy atom. The van der Waals surface area contributed by atoms with Crippen molar-refractivity contribution in [3.8, 4) is 0 Å². The normalized spacial score (nSPS) is 19.8. The van der Waals surface area contributed by atoms with Gasteiger partial charge in [-0.2, -0.15) is 0 Å². The molecule has 1 aliphatic carbocycles. The van der Waals surface area contributed by atoms with Gasteiger partial charge in [-0.15, -0.1) is 0 Å². The molecule has 0 radical (unpaired) electrons. The van der Waals surface area contributed by atoms with Crippen LogP contribution in [0.25, 0.3) is 0 Å². The first-order chi connectivity index (χ1) is 18.4. The van der Waals surface area contributed by atoms with Crippen LogP contribution in [0.2, 0.25) is 0 Å². The van der Waals surface area contributed by atoms with E-state index < -0.39 is 12.2 Å². The third-order valence-corrected chi connectivity index (χ3v) is 7.14. The van der Waals surface area contributed by atoms with Crippen LogP contribution in [0.3, 0.4) is 0 Å². The maximum absolute atomic E-state index is 11.4. The highest BCUT2D eigenvalue weighted by Gasteiger charge is 2.36. The highest BCUT2D eigenvalue weighted by Crippen LogP contribution is 2.45. The zero-order valence-electron chi connectivity index (χ0n) is 27.4. The molecule has 2 heterocycles. The van der Waals surface area contributed by atoms with Gasteiger partial charge in [0.1, 0.15) is 0 Å². The zero-order chi connectivity index (χ0) is 30.4. The average Bonchev–Trinajstić information content (AvgIpc) is 2.90. The van der Waals surface area contributed by atoms with Crippen LogP contribution >= 0.6 is 0 Å². The highest BCUT2D eigenvalue weighted by atomic mass is 16.5. The highest BCUT2D eigenvalue weighted by molar-refractivity contribution is 5.45. The Balaban J connectivity index is 0.00000225. The Labute approximate surface area is 241 Å². The summed E-state index contributed by atoms with van der Waals surface area (Å²) in [5.74, 6) is 0.282. The maximum Gasteiger partial charge on any atom is 0.0844 e. The second-order valence-electron chi connectivity index (χ2n) is 11.6. The van der Waals surface area contributed by atoms with Crippen molar-refractivity contribution in [3.63, 3.8) is 0 Å². The van der Waals surface area contributed by atoms with E-state index in [-0.39, 0.29) is 16.7 Å². The molecule has 1 fully saturated rings. The molecule has 2 N–H and O–H groups in total. The largest absolute Gasteiger partial charge is 0.388 e. The van der Waals surface area contributed by atoms with E-state index in [0.29, 0.717) is 6.42 Å². The molecule has 0 spiro atoms. The predicted molar refractivity (Wildman–Crippen MR) is 169 cm³/mol. The van der Waals surface area contributed by atoms with Gasteiger partial charge < -0.3 is 14.9 Å². The molecule has 224 valence electrons. The van der Waals surface area contributed by atoms with E-state index in [1.54, 1.807) is 0 Å². The number of aliphatic hydroxyl groups excluding tert-OH is 2. The van der Waals surface area contributed by atoms with Crippen LogP contribution in [0.15, 0.2) is 36.5 Å². The summed E-state index contributed by atoms with van der Waals surface area (Å²) in [6.07, 6.45) is 10.7. The van der Waals surface area contributed by atoms with Crippen LogP contribution in [-0.4, -0.2) is 28.4 Å². The quantitative estimate of drug-likeness (QED) is 0.351. The van der Waals surface area contributed by atoms with Crippen LogP contribution in [0.4, 0.5) is 0 Å². The first-order valence-electron chi connectivity index (χ1n) is 15.4. The molecule has 39 heavy (non-hydrogen) atoms. The molecule has 0 amide bonds. The topological polar surface area (TPSA) is 62.6 Å². The molecule has 0 bridgehead atoms. The Kier molecular flexibility index (Phi) is 17.0. The van der Waals surface area contributed by atoms with Crippen molar-refractivity contribution < 1.29 is 14.9 Å². The lowest BCUT2D eigenvalue weighted by Crippen LogP contribution is -2.30. The SMILES string of the molecule is C=C/C=C(\C=C/CC(O)c1c(C2CCOCC2)nc2c(c1C)C(O)CC(C)(C)C2)C(C)(C)C.CC.CC.CC. The van der Waals surface area contributed by atoms with Crippen molar-refractivity contribution in [2.24, 2.45) is 10.8 Å². The molecule has 0 saturated carbocycles. The van der Waals surface area contributed by atoms with Crippen molar-refractivity contribution >= 4 is 0 Å². The van der Waals surface area contributed by atoms with Crippen LogP contribution < -0.4 is 0 Å². The van der Waals surface area contributed by atoms with Gasteiger partial charge in [0, 0.05) is 36.0 Å². The molecule has 2 aliphatic rings. The lowest BCUT2D eigenvalue weighted by atomic mass is 9.72. The van der Waals surface area contributed by atoms with E-state index >= 15 is 0 Å². The van der Waals surface area contributed by atoms with Gasteiger partial charge in [-0.3, -0.25) is 4.98 Å². The molecule has 4 heteroatoms. The number of nitrogens with zero attached hydrogens (tertiary/aromatic N) is 1. The average molecular weight is 544 g/mol. The van der Waals surface area contributed by atoms with Gasteiger partial charge in [0.2, 0.25) is 0 Å². The van der Waals surface area contributed by atoms with Crippen LogP contribution in [-0.2, 0) is 11.2 Å². The second kappa shape index (κ2) is 17.8. The Bertz CT molecular complexity index is 915. The summed E-state index contributed by atoms with van der Waals surface area (Å²) < 4.78 is 5.60. The number of hydrogen-bond donors (Lipinski definition) is 2. The van der Waals surface area contributed by atoms with E-state index in [4.69, 9.17) is 9.72 Å². The predicted octanol–water partition coefficient (Wildman–Crippen LogP) is 9.51. The van der Waals surface area contributed by atoms with Crippen LogP contribution in [0, 0.1) is 17.8 Å². The number of allylic oxidation sites excluding steroid dienone is 4. The number of aliphatic hydroxyl groups is 2. The first kappa shape index (κ1) is 37.2. The van der Waals surface area contributed by atoms with Crippen molar-refractivity contribution in [2.75, 3.05) is 13.2 Å². The van der Waals surface area contributed by atoms with E-state index in [2.05, 4.69) is 60.3 Å². The van der Waals surface area contributed by atoms with E-state index in [1.165, 1.54) is 5.57 Å². The Morgan fingerprint density at radius 3 is 2.18 bits per heavy atom. The molecule has 2 unspecified atom stereocenters. The fourth-order valence-corrected chi connectivity index (χ4v) is 5.37. The lowest BCUT2D eigenvalue weighted by Gasteiger charge is -2.37. The Morgan fingerprint density at radius 2 is 1.67 bits per heavy atom. The second-order valence-corrected chi connectivity index (χ2v) is 11.6. The molecule has 2 atom stereocenters. The fourth-order valence-electron chi connectivity index (χ4n) is 5.37. The minimum atomic E-state index is -0.663. The number of fused-ring (bicyclic) bond motifs is 1. The number of aromatic nitrogens is 1. The number of ether oxygens (including phenoxy) is 1. The lowest BCUT2D eigenvalue weighted by molar-refractivity contribution is 0.0817. The third kappa shape index (κ3) is 10.6. The summed E-state index contributed by atoms with van der Waals surface area (Å²) in [4.78, 5) is 5.15. The fraction of sp³-hybridized carbons (Fsp3) is 0.686. The number of pyridine rings is 1. The van der Waals surface area contributed by atoms with Crippen LogP contribution in [0.5, 0.6) is 0 Å². The molecular weight excluding hydrogens is 482 g/mol. The molecule has 1 aromatic heterocycles. The van der Waals surface area contributed by atoms with Gasteiger partial charge in [-0.25, -0.2) is 0 Å². The first-order valence-corrected chi connectivity index (χ1v) is 15.4. The minimum Gasteiger partial charge on any atom is -0.388 e. The Hall–Kier alpha value is -1.75. The number of rotatable bonds is 6. The molecular formula is C35H61NO3. The van der Waals surface area contributed by atoms with E-state index in [0.717, 1.165) is 67.0 Å². The summed E-state index contributed by atoms with van der Waals surface area (Å²) >= 11 is 0. The zero-order valence-corrected chi connectivity index (χ0v) is 27.4. The molecule has 3 rings (SSSR count). The summed E-state index contributed by atoms with van der Waals surface area (Å²) in [5.41, 5.74) is 6.08. The molecule has 4 nitrogen and oxygen atoms in total. The maximum atomic E-state index is 11.4. The molecule has 1 aliphatic heterocycles. The third-order valence-electron chi connectivity index (χ3n) is 7.14. The van der Waals surface area contributed by atoms with Crippen molar-refractivity contribution in [1.82, 2.24) is 4.98 Å². The van der Waals surface area contributed by atoms with Gasteiger partial charge in [0.15, 0.2) is 0 Å². The van der Waals surface area contributed by atoms with Crippen LogP contribution in [0.1, 0.15) is 148 Å². The summed E-state index contributed by atoms with van der Waals surface area (Å²) in [7, 11) is 0. The molecule has 0 aromatic carbocycles. The van der Waals surface area contributed by atoms with Gasteiger partial charge in [0.05, 0.1) is 17.9 Å².